The highest BCUT2D eigenvalue weighted by molar-refractivity contribution is 7.89. The maximum absolute atomic E-state index is 12.8. The van der Waals surface area contributed by atoms with Gasteiger partial charge in [-0.1, -0.05) is 23.7 Å². The van der Waals surface area contributed by atoms with E-state index in [2.05, 4.69) is 5.32 Å². The average molecular weight is 448 g/mol. The fraction of sp³-hybridized carbons (Fsp3) is 0.250. The highest BCUT2D eigenvalue weighted by Gasteiger charge is 2.30. The second kappa shape index (κ2) is 9.26. The molecule has 1 fully saturated rings. The number of nitrogens with zero attached hydrogens (tertiary/aromatic N) is 2. The van der Waals surface area contributed by atoms with Crippen molar-refractivity contribution in [2.45, 2.75) is 17.7 Å². The van der Waals surface area contributed by atoms with E-state index in [1.54, 1.807) is 18.2 Å². The van der Waals surface area contributed by atoms with Gasteiger partial charge in [0.1, 0.15) is 11.0 Å². The van der Waals surface area contributed by atoms with Gasteiger partial charge in [-0.25, -0.2) is 13.2 Å². The van der Waals surface area contributed by atoms with Crippen molar-refractivity contribution in [2.24, 2.45) is 0 Å². The van der Waals surface area contributed by atoms with Crippen molar-refractivity contribution in [3.05, 3.63) is 58.6 Å². The molecule has 0 radical (unpaired) electrons. The molecule has 0 aliphatic carbocycles. The third-order valence-corrected chi connectivity index (χ3v) is 6.89. The molecular formula is C20H18ClN3O5S. The van der Waals surface area contributed by atoms with E-state index >= 15 is 0 Å². The maximum atomic E-state index is 12.8. The first-order valence-electron chi connectivity index (χ1n) is 9.09. The lowest BCUT2D eigenvalue weighted by Crippen LogP contribution is -2.28. The monoisotopic (exact) mass is 447 g/mol. The zero-order valence-electron chi connectivity index (χ0n) is 15.8. The predicted molar refractivity (Wildman–Crippen MR) is 110 cm³/mol. The minimum atomic E-state index is -3.82. The number of halogens is 1. The van der Waals surface area contributed by atoms with Crippen LogP contribution in [-0.2, 0) is 19.6 Å². The molecule has 0 bridgehead atoms. The fourth-order valence-electron chi connectivity index (χ4n) is 2.99. The van der Waals surface area contributed by atoms with Crippen molar-refractivity contribution in [3.8, 4) is 6.07 Å². The number of rotatable bonds is 6. The van der Waals surface area contributed by atoms with Gasteiger partial charge in [-0.3, -0.25) is 4.79 Å². The van der Waals surface area contributed by atoms with Crippen LogP contribution in [0.2, 0.25) is 5.02 Å². The quantitative estimate of drug-likeness (QED) is 0.680. The Morgan fingerprint density at radius 2 is 1.87 bits per heavy atom. The van der Waals surface area contributed by atoms with Crippen LogP contribution in [0.3, 0.4) is 0 Å². The SMILES string of the molecule is N#Cc1ccccc1NC(=O)COC(=O)c1ccc(Cl)c(S(=O)(=O)N2CCCC2)c1. The van der Waals surface area contributed by atoms with Crippen LogP contribution in [0.25, 0.3) is 0 Å². The number of ether oxygens (including phenoxy) is 1. The van der Waals surface area contributed by atoms with E-state index < -0.39 is 28.5 Å². The van der Waals surface area contributed by atoms with Crippen LogP contribution in [0.5, 0.6) is 0 Å². The van der Waals surface area contributed by atoms with Crippen LogP contribution in [0.4, 0.5) is 5.69 Å². The average Bonchev–Trinajstić information content (AvgIpc) is 3.28. The first-order chi connectivity index (χ1) is 14.3. The van der Waals surface area contributed by atoms with E-state index in [4.69, 9.17) is 21.6 Å². The first kappa shape index (κ1) is 21.8. The largest absolute Gasteiger partial charge is 0.452 e. The number of carbonyl (C=O) groups excluding carboxylic acids is 2. The third-order valence-electron chi connectivity index (χ3n) is 4.51. The van der Waals surface area contributed by atoms with Crippen molar-refractivity contribution in [1.29, 1.82) is 5.26 Å². The number of amides is 1. The van der Waals surface area contributed by atoms with Crippen LogP contribution in [0.1, 0.15) is 28.8 Å². The number of carbonyl (C=O) groups is 2. The van der Waals surface area contributed by atoms with Crippen molar-refractivity contribution in [3.63, 3.8) is 0 Å². The molecule has 0 spiro atoms. The molecule has 30 heavy (non-hydrogen) atoms. The summed E-state index contributed by atoms with van der Waals surface area (Å²) in [5, 5.41) is 11.5. The summed E-state index contributed by atoms with van der Waals surface area (Å²) >= 11 is 6.06. The summed E-state index contributed by atoms with van der Waals surface area (Å²) in [5.41, 5.74) is 0.528. The van der Waals surface area contributed by atoms with Gasteiger partial charge < -0.3 is 10.1 Å². The molecule has 0 saturated carbocycles. The third kappa shape index (κ3) is 4.79. The molecule has 156 valence electrons. The van der Waals surface area contributed by atoms with Gasteiger partial charge in [-0.2, -0.15) is 9.57 Å². The summed E-state index contributed by atoms with van der Waals surface area (Å²) in [7, 11) is -3.82. The first-order valence-corrected chi connectivity index (χ1v) is 10.9. The summed E-state index contributed by atoms with van der Waals surface area (Å²) in [6, 6.07) is 12.1. The molecular weight excluding hydrogens is 430 g/mol. The summed E-state index contributed by atoms with van der Waals surface area (Å²) in [6.07, 6.45) is 1.53. The minimum absolute atomic E-state index is 0.00398. The predicted octanol–water partition coefficient (Wildman–Crippen LogP) is 2.79. The molecule has 1 amide bonds. The van der Waals surface area contributed by atoms with Crippen molar-refractivity contribution in [2.75, 3.05) is 25.0 Å². The number of hydrogen-bond donors (Lipinski definition) is 1. The smallest absolute Gasteiger partial charge is 0.338 e. The molecule has 1 saturated heterocycles. The molecule has 1 heterocycles. The van der Waals surface area contributed by atoms with Gasteiger partial charge in [-0.05, 0) is 43.2 Å². The Balaban J connectivity index is 1.69. The van der Waals surface area contributed by atoms with Crippen molar-refractivity contribution < 1.29 is 22.7 Å². The van der Waals surface area contributed by atoms with E-state index in [0.717, 1.165) is 18.9 Å². The molecule has 0 atom stereocenters. The molecule has 1 aliphatic heterocycles. The van der Waals surface area contributed by atoms with Gasteiger partial charge in [-0.15, -0.1) is 0 Å². The number of benzene rings is 2. The van der Waals surface area contributed by atoms with Crippen LogP contribution >= 0.6 is 11.6 Å². The Morgan fingerprint density at radius 1 is 1.17 bits per heavy atom. The Labute approximate surface area is 179 Å². The zero-order chi connectivity index (χ0) is 21.7. The molecule has 2 aromatic rings. The highest BCUT2D eigenvalue weighted by atomic mass is 35.5. The molecule has 8 nitrogen and oxygen atoms in total. The van der Waals surface area contributed by atoms with Crippen molar-refractivity contribution in [1.82, 2.24) is 4.31 Å². The number of sulfonamides is 1. The van der Waals surface area contributed by atoms with Gasteiger partial charge in [0.2, 0.25) is 10.0 Å². The lowest BCUT2D eigenvalue weighted by Gasteiger charge is -2.17. The van der Waals surface area contributed by atoms with Crippen LogP contribution in [-0.4, -0.2) is 44.3 Å². The molecule has 1 N–H and O–H groups in total. The van der Waals surface area contributed by atoms with Gasteiger partial charge in [0, 0.05) is 13.1 Å². The number of para-hydroxylation sites is 1. The lowest BCUT2D eigenvalue weighted by molar-refractivity contribution is -0.119. The Morgan fingerprint density at radius 3 is 2.57 bits per heavy atom. The molecule has 0 unspecified atom stereocenters. The Hall–Kier alpha value is -2.93. The molecule has 3 rings (SSSR count). The van der Waals surface area contributed by atoms with Crippen LogP contribution < -0.4 is 5.32 Å². The Kier molecular flexibility index (Phi) is 6.72. The van der Waals surface area contributed by atoms with Crippen molar-refractivity contribution >= 4 is 39.2 Å². The van der Waals surface area contributed by atoms with Gasteiger partial charge in [0.15, 0.2) is 6.61 Å². The second-order valence-electron chi connectivity index (χ2n) is 6.54. The summed E-state index contributed by atoms with van der Waals surface area (Å²) in [5.74, 6) is -1.50. The van der Waals surface area contributed by atoms with E-state index in [9.17, 15) is 18.0 Å². The fourth-order valence-corrected chi connectivity index (χ4v) is 5.00. The number of esters is 1. The summed E-state index contributed by atoms with van der Waals surface area (Å²) in [4.78, 5) is 24.2. The highest BCUT2D eigenvalue weighted by Crippen LogP contribution is 2.28. The van der Waals surface area contributed by atoms with Gasteiger partial charge in [0.05, 0.1) is 21.8 Å². The lowest BCUT2D eigenvalue weighted by atomic mass is 10.2. The van der Waals surface area contributed by atoms with Crippen LogP contribution in [0, 0.1) is 11.3 Å². The summed E-state index contributed by atoms with van der Waals surface area (Å²) in [6.45, 7) is 0.199. The van der Waals surface area contributed by atoms with E-state index in [1.807, 2.05) is 6.07 Å². The Bertz CT molecular complexity index is 1120. The number of nitriles is 1. The minimum Gasteiger partial charge on any atom is -0.452 e. The molecule has 10 heteroatoms. The van der Waals surface area contributed by atoms with Gasteiger partial charge >= 0.3 is 5.97 Å². The number of anilines is 1. The number of nitrogens with one attached hydrogen (secondary N) is 1. The molecule has 2 aromatic carbocycles. The van der Waals surface area contributed by atoms with E-state index in [1.165, 1.54) is 22.5 Å². The van der Waals surface area contributed by atoms with Gasteiger partial charge in [0.25, 0.3) is 5.91 Å². The second-order valence-corrected chi connectivity index (χ2v) is 8.85. The van der Waals surface area contributed by atoms with E-state index in [0.29, 0.717) is 18.8 Å². The molecule has 0 aromatic heterocycles. The normalized spacial score (nSPS) is 14.1. The topological polar surface area (TPSA) is 117 Å². The van der Waals surface area contributed by atoms with Crippen LogP contribution in [0.15, 0.2) is 47.4 Å². The maximum Gasteiger partial charge on any atom is 0.338 e. The molecule has 1 aliphatic rings. The number of hydrogen-bond acceptors (Lipinski definition) is 6. The van der Waals surface area contributed by atoms with E-state index in [-0.39, 0.29) is 21.0 Å². The standard InChI is InChI=1S/C20H18ClN3O5S/c21-16-8-7-14(11-18(16)30(27,28)24-9-3-4-10-24)20(26)29-13-19(25)23-17-6-2-1-5-15(17)12-22/h1-2,5-8,11H,3-4,9-10,13H2,(H,23,25). The summed E-state index contributed by atoms with van der Waals surface area (Å²) < 4.78 is 31.8. The zero-order valence-corrected chi connectivity index (χ0v) is 17.4.